The van der Waals surface area contributed by atoms with Crippen LogP contribution in [0.15, 0.2) is 48.5 Å². The molecule has 2 aromatic rings. The Labute approximate surface area is 138 Å². The van der Waals surface area contributed by atoms with Gasteiger partial charge in [0.05, 0.1) is 19.8 Å². The summed E-state index contributed by atoms with van der Waals surface area (Å²) >= 11 is 0. The monoisotopic (exact) mass is 308 g/mol. The van der Waals surface area contributed by atoms with Crippen molar-refractivity contribution in [3.05, 3.63) is 59.7 Å². The molecule has 1 aliphatic heterocycles. The van der Waals surface area contributed by atoms with Crippen molar-refractivity contribution >= 4 is 0 Å². The second kappa shape index (κ2) is 6.10. The molecule has 0 atom stereocenters. The smallest absolute Gasteiger partial charge is 0.0566 e. The van der Waals surface area contributed by atoms with Crippen molar-refractivity contribution in [2.24, 2.45) is 5.41 Å². The molecule has 23 heavy (non-hydrogen) atoms. The molecule has 1 aliphatic carbocycles. The van der Waals surface area contributed by atoms with Crippen LogP contribution in [-0.4, -0.2) is 26.4 Å². The first-order valence-corrected chi connectivity index (χ1v) is 8.67. The average molecular weight is 308 g/mol. The summed E-state index contributed by atoms with van der Waals surface area (Å²) in [6, 6.07) is 17.6. The number of rotatable bonds is 6. The molecule has 1 fully saturated rings. The molecule has 0 radical (unpaired) electrons. The van der Waals surface area contributed by atoms with Crippen molar-refractivity contribution < 1.29 is 9.47 Å². The Hall–Kier alpha value is -1.64. The Morgan fingerprint density at radius 1 is 1.00 bits per heavy atom. The summed E-state index contributed by atoms with van der Waals surface area (Å²) in [4.78, 5) is 0. The number of hydrogen-bond acceptors (Lipinski definition) is 2. The molecule has 2 aromatic carbocycles. The molecule has 2 aliphatic rings. The van der Waals surface area contributed by atoms with Gasteiger partial charge < -0.3 is 9.47 Å². The van der Waals surface area contributed by atoms with Crippen LogP contribution in [0.1, 0.15) is 36.8 Å². The number of fused-ring (bicyclic) bond motifs is 3. The van der Waals surface area contributed by atoms with Crippen LogP contribution in [0.25, 0.3) is 11.1 Å². The molecule has 1 heterocycles. The quantitative estimate of drug-likeness (QED) is 0.724. The zero-order valence-electron chi connectivity index (χ0n) is 13.8. The van der Waals surface area contributed by atoms with E-state index in [0.29, 0.717) is 5.92 Å². The van der Waals surface area contributed by atoms with E-state index in [0.717, 1.165) is 39.3 Å². The van der Waals surface area contributed by atoms with Gasteiger partial charge in [0.15, 0.2) is 0 Å². The van der Waals surface area contributed by atoms with E-state index in [-0.39, 0.29) is 5.41 Å². The highest BCUT2D eigenvalue weighted by molar-refractivity contribution is 5.78. The maximum atomic E-state index is 6.04. The van der Waals surface area contributed by atoms with Crippen LogP contribution < -0.4 is 0 Å². The minimum absolute atomic E-state index is 0.283. The number of hydrogen-bond donors (Lipinski definition) is 0. The summed E-state index contributed by atoms with van der Waals surface area (Å²) in [5.41, 5.74) is 5.98. The molecule has 0 N–H and O–H groups in total. The topological polar surface area (TPSA) is 18.5 Å². The van der Waals surface area contributed by atoms with E-state index in [9.17, 15) is 0 Å². The third-order valence-corrected chi connectivity index (χ3v) is 5.49. The normalized spacial score (nSPS) is 18.3. The molecular formula is C21H24O2. The zero-order valence-corrected chi connectivity index (χ0v) is 13.8. The highest BCUT2D eigenvalue weighted by Gasteiger charge is 2.37. The van der Waals surface area contributed by atoms with Gasteiger partial charge in [-0.2, -0.15) is 0 Å². The van der Waals surface area contributed by atoms with Gasteiger partial charge in [-0.05, 0) is 35.1 Å². The second-order valence-electron chi connectivity index (χ2n) is 6.91. The fourth-order valence-corrected chi connectivity index (χ4v) is 3.84. The fourth-order valence-electron chi connectivity index (χ4n) is 3.84. The Morgan fingerprint density at radius 2 is 1.61 bits per heavy atom. The van der Waals surface area contributed by atoms with E-state index in [1.54, 1.807) is 0 Å². The lowest BCUT2D eigenvalue weighted by molar-refractivity contribution is -0.150. The van der Waals surface area contributed by atoms with Gasteiger partial charge >= 0.3 is 0 Å². The van der Waals surface area contributed by atoms with E-state index >= 15 is 0 Å². The maximum Gasteiger partial charge on any atom is 0.0566 e. The van der Waals surface area contributed by atoms with Crippen molar-refractivity contribution in [3.8, 4) is 11.1 Å². The fraction of sp³-hybridized carbons (Fsp3) is 0.429. The Kier molecular flexibility index (Phi) is 3.96. The van der Waals surface area contributed by atoms with Gasteiger partial charge in [0, 0.05) is 17.9 Å². The largest absolute Gasteiger partial charge is 0.381 e. The summed E-state index contributed by atoms with van der Waals surface area (Å²) in [5.74, 6) is 0.470. The lowest BCUT2D eigenvalue weighted by atomic mass is 9.84. The van der Waals surface area contributed by atoms with Crippen LogP contribution in [0.5, 0.6) is 0 Å². The van der Waals surface area contributed by atoms with Gasteiger partial charge in [0.25, 0.3) is 0 Å². The van der Waals surface area contributed by atoms with E-state index < -0.39 is 0 Å². The molecule has 0 spiro atoms. The Bertz CT molecular complexity index is 637. The third kappa shape index (κ3) is 2.60. The van der Waals surface area contributed by atoms with Crippen LogP contribution in [0, 0.1) is 5.41 Å². The summed E-state index contributed by atoms with van der Waals surface area (Å²) in [6.07, 6.45) is 2.19. The number of benzene rings is 2. The molecular weight excluding hydrogens is 284 g/mol. The van der Waals surface area contributed by atoms with Crippen molar-refractivity contribution in [2.75, 3.05) is 26.4 Å². The lowest BCUT2D eigenvalue weighted by Gasteiger charge is -2.40. The first-order chi connectivity index (χ1) is 11.3. The molecule has 4 rings (SSSR count). The van der Waals surface area contributed by atoms with E-state index in [4.69, 9.17) is 9.47 Å². The Morgan fingerprint density at radius 3 is 2.13 bits per heavy atom. The van der Waals surface area contributed by atoms with Gasteiger partial charge in [-0.3, -0.25) is 0 Å². The molecule has 0 aromatic heterocycles. The second-order valence-corrected chi connectivity index (χ2v) is 6.91. The summed E-state index contributed by atoms with van der Waals surface area (Å²) in [6.45, 7) is 5.60. The lowest BCUT2D eigenvalue weighted by Crippen LogP contribution is -2.45. The summed E-state index contributed by atoms with van der Waals surface area (Å²) in [7, 11) is 0. The van der Waals surface area contributed by atoms with E-state index in [2.05, 4.69) is 55.5 Å². The third-order valence-electron chi connectivity index (χ3n) is 5.49. The predicted octanol–water partition coefficient (Wildman–Crippen LogP) is 4.63. The number of ether oxygens (including phenoxy) is 2. The highest BCUT2D eigenvalue weighted by atomic mass is 16.5. The van der Waals surface area contributed by atoms with Crippen LogP contribution in [0.3, 0.4) is 0 Å². The first-order valence-electron chi connectivity index (χ1n) is 8.67. The van der Waals surface area contributed by atoms with Crippen LogP contribution in [0.4, 0.5) is 0 Å². The minimum Gasteiger partial charge on any atom is -0.381 e. The molecule has 0 bridgehead atoms. The predicted molar refractivity (Wildman–Crippen MR) is 92.7 cm³/mol. The molecule has 0 unspecified atom stereocenters. The molecule has 2 nitrogen and oxygen atoms in total. The maximum absolute atomic E-state index is 6.04. The minimum atomic E-state index is 0.283. The molecule has 2 heteroatoms. The van der Waals surface area contributed by atoms with Crippen molar-refractivity contribution in [2.45, 2.75) is 25.7 Å². The van der Waals surface area contributed by atoms with Crippen molar-refractivity contribution in [3.63, 3.8) is 0 Å². The average Bonchev–Trinajstić information content (AvgIpc) is 2.88. The Balaban J connectivity index is 1.45. The highest BCUT2D eigenvalue weighted by Crippen LogP contribution is 2.46. The first kappa shape index (κ1) is 14.9. The van der Waals surface area contributed by atoms with Gasteiger partial charge in [-0.15, -0.1) is 0 Å². The summed E-state index contributed by atoms with van der Waals surface area (Å²) in [5, 5.41) is 0. The van der Waals surface area contributed by atoms with Crippen LogP contribution in [0.2, 0.25) is 0 Å². The molecule has 120 valence electrons. The molecule has 0 amide bonds. The van der Waals surface area contributed by atoms with Gasteiger partial charge in [-0.25, -0.2) is 0 Å². The zero-order chi connectivity index (χ0) is 15.7. The SMILES string of the molecule is CCC1(COCCC2c3ccccc3-c3ccccc32)COC1. The summed E-state index contributed by atoms with van der Waals surface area (Å²) < 4.78 is 11.4. The molecule has 0 saturated carbocycles. The van der Waals surface area contributed by atoms with Crippen molar-refractivity contribution in [1.29, 1.82) is 0 Å². The van der Waals surface area contributed by atoms with Crippen molar-refractivity contribution in [1.82, 2.24) is 0 Å². The van der Waals surface area contributed by atoms with Gasteiger partial charge in [0.2, 0.25) is 0 Å². The molecule has 1 saturated heterocycles. The van der Waals surface area contributed by atoms with Gasteiger partial charge in [-0.1, -0.05) is 55.5 Å². The van der Waals surface area contributed by atoms with E-state index in [1.807, 2.05) is 0 Å². The van der Waals surface area contributed by atoms with Gasteiger partial charge in [0.1, 0.15) is 0 Å². The standard InChI is InChI=1S/C21H24O2/c1-2-21(14-23-15-21)13-22-12-11-20-18-9-5-3-7-16(18)17-8-4-6-10-19(17)20/h3-10,20H,2,11-15H2,1H3. The van der Waals surface area contributed by atoms with Crippen LogP contribution >= 0.6 is 0 Å². The van der Waals surface area contributed by atoms with E-state index in [1.165, 1.54) is 22.3 Å². The van der Waals surface area contributed by atoms with Crippen LogP contribution in [-0.2, 0) is 9.47 Å².